The molecule has 0 spiro atoms. The molecule has 4 nitrogen and oxygen atoms in total. The van der Waals surface area contributed by atoms with Gasteiger partial charge < -0.3 is 14.7 Å². The summed E-state index contributed by atoms with van der Waals surface area (Å²) in [7, 11) is 3.44. The summed E-state index contributed by atoms with van der Waals surface area (Å²) in [5.41, 5.74) is 0. The maximum Gasteiger partial charge on any atom is 0.142 e. The third kappa shape index (κ3) is 4.01. The number of aliphatic hydroxyl groups excluding tert-OH is 1. The van der Waals surface area contributed by atoms with Gasteiger partial charge in [0.1, 0.15) is 5.82 Å². The molecule has 0 amide bonds. The van der Waals surface area contributed by atoms with Crippen molar-refractivity contribution in [2.75, 3.05) is 32.2 Å². The van der Waals surface area contributed by atoms with Crippen LogP contribution in [0.15, 0.2) is 21.2 Å². The number of rotatable bonds is 5. The Bertz CT molecular complexity index is 350. The topological polar surface area (TPSA) is 45.6 Å². The number of ether oxygens (including phenoxy) is 1. The van der Waals surface area contributed by atoms with Crippen LogP contribution in [0.3, 0.4) is 0 Å². The Balaban J connectivity index is 2.69. The van der Waals surface area contributed by atoms with Gasteiger partial charge in [-0.3, -0.25) is 0 Å². The number of nitrogens with zero attached hydrogens (tertiary/aromatic N) is 2. The van der Waals surface area contributed by atoms with Gasteiger partial charge in [0.15, 0.2) is 0 Å². The molecule has 16 heavy (non-hydrogen) atoms. The zero-order chi connectivity index (χ0) is 12.1. The van der Waals surface area contributed by atoms with E-state index in [1.165, 1.54) is 0 Å². The highest BCUT2D eigenvalue weighted by Crippen LogP contribution is 2.25. The van der Waals surface area contributed by atoms with E-state index in [-0.39, 0.29) is 0 Å². The van der Waals surface area contributed by atoms with Crippen molar-refractivity contribution < 1.29 is 9.84 Å². The smallest absolute Gasteiger partial charge is 0.142 e. The number of halogens is 2. The molecule has 0 fully saturated rings. The number of likely N-dealkylation sites (N-methyl/N-ethyl adjacent to an activating group) is 1. The Morgan fingerprint density at radius 1 is 1.56 bits per heavy atom. The molecule has 0 radical (unpaired) electrons. The van der Waals surface area contributed by atoms with Crippen LogP contribution in [-0.4, -0.2) is 43.5 Å². The van der Waals surface area contributed by atoms with E-state index in [1.807, 2.05) is 18.0 Å². The minimum absolute atomic E-state index is 0.318. The van der Waals surface area contributed by atoms with E-state index in [0.29, 0.717) is 13.2 Å². The Hall–Kier alpha value is -0.170. The van der Waals surface area contributed by atoms with E-state index in [4.69, 9.17) is 4.74 Å². The molecule has 1 unspecified atom stereocenters. The second-order valence-electron chi connectivity index (χ2n) is 3.45. The zero-order valence-electron chi connectivity index (χ0n) is 9.15. The fourth-order valence-electron chi connectivity index (χ4n) is 1.34. The second-order valence-corrected chi connectivity index (χ2v) is 5.22. The average Bonchev–Trinajstić information content (AvgIpc) is 2.17. The maximum atomic E-state index is 9.61. The van der Waals surface area contributed by atoms with Gasteiger partial charge in [-0.15, -0.1) is 0 Å². The monoisotopic (exact) mass is 352 g/mol. The van der Waals surface area contributed by atoms with Crippen LogP contribution in [0.25, 0.3) is 0 Å². The molecule has 0 saturated carbocycles. The summed E-state index contributed by atoms with van der Waals surface area (Å²) in [5.74, 6) is 0.790. The van der Waals surface area contributed by atoms with E-state index >= 15 is 0 Å². The molecule has 0 saturated heterocycles. The number of hydrogen-bond donors (Lipinski definition) is 1. The number of methoxy groups -OCH3 is 1. The lowest BCUT2D eigenvalue weighted by molar-refractivity contribution is 0.0694. The lowest BCUT2D eigenvalue weighted by Gasteiger charge is -2.22. The van der Waals surface area contributed by atoms with Crippen molar-refractivity contribution in [1.82, 2.24) is 4.98 Å². The van der Waals surface area contributed by atoms with Gasteiger partial charge in [0, 0.05) is 31.4 Å². The van der Waals surface area contributed by atoms with Crippen LogP contribution in [0.4, 0.5) is 5.82 Å². The second kappa shape index (κ2) is 6.54. The first-order chi connectivity index (χ1) is 7.54. The van der Waals surface area contributed by atoms with Crippen LogP contribution in [0.5, 0.6) is 0 Å². The minimum atomic E-state index is -0.521. The average molecular weight is 354 g/mol. The third-order valence-corrected chi connectivity index (χ3v) is 3.01. The van der Waals surface area contributed by atoms with E-state index in [0.717, 1.165) is 14.8 Å². The molecule has 1 N–H and O–H groups in total. The van der Waals surface area contributed by atoms with E-state index in [2.05, 4.69) is 36.8 Å². The lowest BCUT2D eigenvalue weighted by Crippen LogP contribution is -2.32. The van der Waals surface area contributed by atoms with Gasteiger partial charge in [-0.2, -0.15) is 0 Å². The summed E-state index contributed by atoms with van der Waals surface area (Å²) in [6.07, 6.45) is 1.20. The summed E-state index contributed by atoms with van der Waals surface area (Å²) < 4.78 is 6.67. The first-order valence-corrected chi connectivity index (χ1v) is 6.32. The van der Waals surface area contributed by atoms with E-state index in [9.17, 15) is 5.11 Å². The molecule has 1 atom stereocenters. The van der Waals surface area contributed by atoms with E-state index in [1.54, 1.807) is 13.3 Å². The first-order valence-electron chi connectivity index (χ1n) is 4.73. The zero-order valence-corrected chi connectivity index (χ0v) is 12.3. The normalized spacial score (nSPS) is 12.6. The fourth-order valence-corrected chi connectivity index (χ4v) is 2.63. The Morgan fingerprint density at radius 2 is 2.25 bits per heavy atom. The number of pyridine rings is 1. The summed E-state index contributed by atoms with van der Waals surface area (Å²) in [4.78, 5) is 6.15. The highest BCUT2D eigenvalue weighted by molar-refractivity contribution is 9.11. The lowest BCUT2D eigenvalue weighted by atomic mass is 10.3. The SMILES string of the molecule is COCC(O)CN(C)c1ncc(Br)cc1Br. The summed E-state index contributed by atoms with van der Waals surface area (Å²) in [6, 6.07) is 1.92. The highest BCUT2D eigenvalue weighted by atomic mass is 79.9. The highest BCUT2D eigenvalue weighted by Gasteiger charge is 2.12. The van der Waals surface area contributed by atoms with Crippen LogP contribution in [0, 0.1) is 0 Å². The van der Waals surface area contributed by atoms with Gasteiger partial charge in [0.25, 0.3) is 0 Å². The molecule has 1 heterocycles. The molecule has 0 aliphatic carbocycles. The molecule has 0 aromatic carbocycles. The largest absolute Gasteiger partial charge is 0.389 e. The molecular formula is C10H14Br2N2O2. The summed E-state index contributed by atoms with van der Waals surface area (Å²) >= 11 is 6.77. The molecule has 1 aromatic heterocycles. The molecule has 6 heteroatoms. The van der Waals surface area contributed by atoms with Gasteiger partial charge in [0.05, 0.1) is 17.2 Å². The van der Waals surface area contributed by atoms with Gasteiger partial charge in [-0.25, -0.2) is 4.98 Å². The predicted octanol–water partition coefficient (Wildman–Crippen LogP) is 2.05. The summed E-state index contributed by atoms with van der Waals surface area (Å²) in [6.45, 7) is 0.791. The molecule has 1 rings (SSSR count). The van der Waals surface area contributed by atoms with Crippen LogP contribution in [0.1, 0.15) is 0 Å². The van der Waals surface area contributed by atoms with Crippen molar-refractivity contribution in [3.05, 3.63) is 21.2 Å². The molecular weight excluding hydrogens is 340 g/mol. The maximum absolute atomic E-state index is 9.61. The van der Waals surface area contributed by atoms with Crippen LogP contribution >= 0.6 is 31.9 Å². The van der Waals surface area contributed by atoms with Crippen molar-refractivity contribution in [3.8, 4) is 0 Å². The molecule has 90 valence electrons. The van der Waals surface area contributed by atoms with Crippen molar-refractivity contribution >= 4 is 37.7 Å². The third-order valence-electron chi connectivity index (χ3n) is 1.99. The fraction of sp³-hybridized carbons (Fsp3) is 0.500. The molecule has 0 aliphatic heterocycles. The molecule has 1 aromatic rings. The first kappa shape index (κ1) is 13.9. The summed E-state index contributed by atoms with van der Waals surface area (Å²) in [5, 5.41) is 9.61. The van der Waals surface area contributed by atoms with Gasteiger partial charge in [-0.05, 0) is 37.9 Å². The van der Waals surface area contributed by atoms with Crippen LogP contribution in [0.2, 0.25) is 0 Å². The Morgan fingerprint density at radius 3 is 2.81 bits per heavy atom. The number of aromatic nitrogens is 1. The minimum Gasteiger partial charge on any atom is -0.389 e. The predicted molar refractivity (Wildman–Crippen MR) is 70.8 cm³/mol. The van der Waals surface area contributed by atoms with Gasteiger partial charge in [-0.1, -0.05) is 0 Å². The number of hydrogen-bond acceptors (Lipinski definition) is 4. The molecule has 0 aliphatic rings. The van der Waals surface area contributed by atoms with Gasteiger partial charge >= 0.3 is 0 Å². The molecule has 0 bridgehead atoms. The van der Waals surface area contributed by atoms with E-state index < -0.39 is 6.10 Å². The van der Waals surface area contributed by atoms with Crippen molar-refractivity contribution in [1.29, 1.82) is 0 Å². The Labute approximate surface area is 112 Å². The van der Waals surface area contributed by atoms with Gasteiger partial charge in [0.2, 0.25) is 0 Å². The van der Waals surface area contributed by atoms with Crippen molar-refractivity contribution in [2.24, 2.45) is 0 Å². The van der Waals surface area contributed by atoms with Crippen LogP contribution < -0.4 is 4.90 Å². The quantitative estimate of drug-likeness (QED) is 0.880. The van der Waals surface area contributed by atoms with Crippen LogP contribution in [-0.2, 0) is 4.74 Å². The number of anilines is 1. The number of aliphatic hydroxyl groups is 1. The standard InChI is InChI=1S/C10H14Br2N2O2/c1-14(5-8(15)6-16-2)10-9(12)3-7(11)4-13-10/h3-4,8,15H,5-6H2,1-2H3. The Kier molecular flexibility index (Phi) is 5.68. The van der Waals surface area contributed by atoms with Crippen molar-refractivity contribution in [2.45, 2.75) is 6.10 Å². The van der Waals surface area contributed by atoms with Crippen molar-refractivity contribution in [3.63, 3.8) is 0 Å².